The highest BCUT2D eigenvalue weighted by molar-refractivity contribution is 5.97. The molecule has 146 valence electrons. The number of morpholine rings is 1. The zero-order valence-corrected chi connectivity index (χ0v) is 15.0. The Kier molecular flexibility index (Phi) is 6.83. The van der Waals surface area contributed by atoms with Crippen molar-refractivity contribution in [3.05, 3.63) is 39.9 Å². The molecule has 1 aliphatic heterocycles. The Labute approximate surface area is 155 Å². The van der Waals surface area contributed by atoms with Crippen LogP contribution in [-0.4, -0.2) is 66.1 Å². The molecular weight excluding hydrogens is 358 g/mol. The van der Waals surface area contributed by atoms with Gasteiger partial charge in [-0.1, -0.05) is 6.07 Å². The molecule has 2 rings (SSSR count). The number of hydrogen-bond acceptors (Lipinski definition) is 7. The monoisotopic (exact) mass is 379 g/mol. The molecule has 10 heteroatoms. The Bertz CT molecular complexity index is 731. The molecule has 1 aromatic rings. The van der Waals surface area contributed by atoms with Crippen molar-refractivity contribution in [2.45, 2.75) is 26.0 Å². The Morgan fingerprint density at radius 3 is 2.56 bits per heavy atom. The molecule has 0 saturated carbocycles. The fourth-order valence-corrected chi connectivity index (χ4v) is 2.47. The van der Waals surface area contributed by atoms with Crippen LogP contribution >= 0.6 is 0 Å². The number of carbonyl (C=O) groups is 3. The molecule has 0 aromatic heterocycles. The normalized spacial score (nSPS) is 16.1. The van der Waals surface area contributed by atoms with Crippen molar-refractivity contribution in [1.82, 2.24) is 10.2 Å². The number of nitrogens with one attached hydrogen (secondary N) is 1. The number of hydrogen-bond donors (Lipinski definition) is 1. The topological polar surface area (TPSA) is 128 Å². The minimum absolute atomic E-state index is 0.0429. The molecule has 1 saturated heterocycles. The van der Waals surface area contributed by atoms with Gasteiger partial charge in [0, 0.05) is 30.8 Å². The number of nitro groups is 1. The second-order valence-electron chi connectivity index (χ2n) is 6.02. The van der Waals surface area contributed by atoms with E-state index in [2.05, 4.69) is 5.32 Å². The molecule has 0 unspecified atom stereocenters. The first kappa shape index (κ1) is 20.3. The second kappa shape index (κ2) is 9.08. The lowest BCUT2D eigenvalue weighted by Crippen LogP contribution is -2.47. The molecule has 1 N–H and O–H groups in total. The highest BCUT2D eigenvalue weighted by atomic mass is 16.6. The van der Waals surface area contributed by atoms with Gasteiger partial charge in [0.15, 0.2) is 6.10 Å². The van der Waals surface area contributed by atoms with E-state index in [0.717, 1.165) is 6.07 Å². The number of esters is 1. The third kappa shape index (κ3) is 5.48. The highest BCUT2D eigenvalue weighted by Gasteiger charge is 2.27. The van der Waals surface area contributed by atoms with E-state index in [4.69, 9.17) is 9.47 Å². The Balaban J connectivity index is 1.90. The molecule has 1 heterocycles. The summed E-state index contributed by atoms with van der Waals surface area (Å²) >= 11 is 0. The van der Waals surface area contributed by atoms with Crippen LogP contribution in [0.3, 0.4) is 0 Å². The lowest BCUT2D eigenvalue weighted by Gasteiger charge is -2.29. The maximum absolute atomic E-state index is 12.2. The molecule has 0 radical (unpaired) electrons. The molecule has 2 atom stereocenters. The quantitative estimate of drug-likeness (QED) is 0.433. The molecule has 27 heavy (non-hydrogen) atoms. The predicted molar refractivity (Wildman–Crippen MR) is 93.0 cm³/mol. The van der Waals surface area contributed by atoms with Gasteiger partial charge in [0.1, 0.15) is 6.04 Å². The lowest BCUT2D eigenvalue weighted by molar-refractivity contribution is -0.384. The molecule has 1 fully saturated rings. The summed E-state index contributed by atoms with van der Waals surface area (Å²) in [6.45, 7) is 4.60. The van der Waals surface area contributed by atoms with Crippen LogP contribution in [0.2, 0.25) is 0 Å². The van der Waals surface area contributed by atoms with E-state index < -0.39 is 28.9 Å². The molecule has 2 amide bonds. The number of ether oxygens (including phenoxy) is 2. The van der Waals surface area contributed by atoms with Gasteiger partial charge in [-0.25, -0.2) is 4.79 Å². The third-order valence-corrected chi connectivity index (χ3v) is 3.98. The van der Waals surface area contributed by atoms with Gasteiger partial charge in [-0.05, 0) is 19.9 Å². The molecule has 0 spiro atoms. The lowest BCUT2D eigenvalue weighted by atomic mass is 10.2. The number of nitrogens with zero attached hydrogens (tertiary/aromatic N) is 2. The van der Waals surface area contributed by atoms with Gasteiger partial charge in [-0.15, -0.1) is 0 Å². The van der Waals surface area contributed by atoms with Gasteiger partial charge in [0.25, 0.3) is 17.5 Å². The van der Waals surface area contributed by atoms with Gasteiger partial charge >= 0.3 is 5.97 Å². The molecule has 1 aromatic carbocycles. The molecule has 0 bridgehead atoms. The van der Waals surface area contributed by atoms with Crippen molar-refractivity contribution in [3.8, 4) is 0 Å². The predicted octanol–water partition coefficient (Wildman–Crippen LogP) is 0.504. The van der Waals surface area contributed by atoms with Crippen molar-refractivity contribution < 1.29 is 28.8 Å². The summed E-state index contributed by atoms with van der Waals surface area (Å²) in [7, 11) is 0. The maximum atomic E-state index is 12.2. The summed E-state index contributed by atoms with van der Waals surface area (Å²) < 4.78 is 10.3. The first-order valence-corrected chi connectivity index (χ1v) is 8.42. The minimum atomic E-state index is -1.03. The summed E-state index contributed by atoms with van der Waals surface area (Å²) in [5, 5.41) is 13.2. The fourth-order valence-electron chi connectivity index (χ4n) is 2.47. The van der Waals surface area contributed by atoms with E-state index in [0.29, 0.717) is 26.3 Å². The summed E-state index contributed by atoms with van der Waals surface area (Å²) in [5.41, 5.74) is -0.191. The molecule has 10 nitrogen and oxygen atoms in total. The number of benzene rings is 1. The van der Waals surface area contributed by atoms with Crippen molar-refractivity contribution in [2.24, 2.45) is 0 Å². The summed E-state index contributed by atoms with van der Waals surface area (Å²) in [6, 6.07) is 4.10. The van der Waals surface area contributed by atoms with Gasteiger partial charge in [-0.2, -0.15) is 0 Å². The fraction of sp³-hybridized carbons (Fsp3) is 0.471. The van der Waals surface area contributed by atoms with E-state index in [1.165, 1.54) is 32.0 Å². The van der Waals surface area contributed by atoms with Crippen molar-refractivity contribution in [1.29, 1.82) is 0 Å². The van der Waals surface area contributed by atoms with E-state index in [9.17, 15) is 24.5 Å². The van der Waals surface area contributed by atoms with Crippen LogP contribution in [-0.2, 0) is 19.1 Å². The first-order chi connectivity index (χ1) is 12.8. The van der Waals surface area contributed by atoms with Crippen LogP contribution in [0.5, 0.6) is 0 Å². The van der Waals surface area contributed by atoms with Crippen LogP contribution in [0.4, 0.5) is 5.69 Å². The molecular formula is C17H21N3O7. The average molecular weight is 379 g/mol. The number of non-ortho nitro benzene ring substituents is 1. The average Bonchev–Trinajstić information content (AvgIpc) is 2.67. The first-order valence-electron chi connectivity index (χ1n) is 8.42. The summed E-state index contributed by atoms with van der Waals surface area (Å²) in [5.74, 6) is -1.76. The van der Waals surface area contributed by atoms with Gasteiger partial charge in [-0.3, -0.25) is 19.7 Å². The van der Waals surface area contributed by atoms with Crippen molar-refractivity contribution in [3.63, 3.8) is 0 Å². The van der Waals surface area contributed by atoms with Gasteiger partial charge < -0.3 is 19.7 Å². The molecule has 1 aliphatic rings. The second-order valence-corrected chi connectivity index (χ2v) is 6.02. The zero-order valence-electron chi connectivity index (χ0n) is 15.0. The van der Waals surface area contributed by atoms with Crippen LogP contribution in [0, 0.1) is 10.1 Å². The third-order valence-electron chi connectivity index (χ3n) is 3.98. The number of rotatable bonds is 6. The Morgan fingerprint density at radius 2 is 1.93 bits per heavy atom. The highest BCUT2D eigenvalue weighted by Crippen LogP contribution is 2.13. The zero-order chi connectivity index (χ0) is 20.0. The van der Waals surface area contributed by atoms with Gasteiger partial charge in [0.05, 0.1) is 18.1 Å². The smallest absolute Gasteiger partial charge is 0.329 e. The van der Waals surface area contributed by atoms with Crippen LogP contribution in [0.1, 0.15) is 24.2 Å². The van der Waals surface area contributed by atoms with E-state index in [-0.39, 0.29) is 17.2 Å². The van der Waals surface area contributed by atoms with Crippen LogP contribution in [0.25, 0.3) is 0 Å². The SMILES string of the molecule is C[C@@H](NC(=O)c1cccc([N+](=O)[O-])c1)C(=O)O[C@H](C)C(=O)N1CCOCC1. The number of amides is 2. The van der Waals surface area contributed by atoms with E-state index in [1.807, 2.05) is 0 Å². The Morgan fingerprint density at radius 1 is 1.26 bits per heavy atom. The largest absolute Gasteiger partial charge is 0.451 e. The van der Waals surface area contributed by atoms with Crippen molar-refractivity contribution >= 4 is 23.5 Å². The number of carbonyl (C=O) groups excluding carboxylic acids is 3. The van der Waals surface area contributed by atoms with Gasteiger partial charge in [0.2, 0.25) is 0 Å². The molecule has 0 aliphatic carbocycles. The number of nitro benzene ring substituents is 1. The van der Waals surface area contributed by atoms with Crippen molar-refractivity contribution in [2.75, 3.05) is 26.3 Å². The summed E-state index contributed by atoms with van der Waals surface area (Å²) in [4.78, 5) is 48.3. The van der Waals surface area contributed by atoms with E-state index >= 15 is 0 Å². The van der Waals surface area contributed by atoms with Crippen LogP contribution < -0.4 is 5.32 Å². The summed E-state index contributed by atoms with van der Waals surface area (Å²) in [6.07, 6.45) is -0.993. The van der Waals surface area contributed by atoms with E-state index in [1.54, 1.807) is 4.90 Å². The minimum Gasteiger partial charge on any atom is -0.451 e. The Hall–Kier alpha value is -3.01. The van der Waals surface area contributed by atoms with Crippen LogP contribution in [0.15, 0.2) is 24.3 Å². The maximum Gasteiger partial charge on any atom is 0.329 e. The standard InChI is InChI=1S/C17H21N3O7/c1-11(18-15(21)13-4-3-5-14(10-13)20(24)25)17(23)27-12(2)16(22)19-6-8-26-9-7-19/h3-5,10-12H,6-9H2,1-2H3,(H,18,21)/t11-,12-/m1/s1.